The average molecular weight is 336 g/mol. The highest BCUT2D eigenvalue weighted by atomic mass is 19.4. The van der Waals surface area contributed by atoms with E-state index in [9.17, 15) is 28.1 Å². The highest BCUT2D eigenvalue weighted by Gasteiger charge is 2.30. The van der Waals surface area contributed by atoms with Crippen molar-refractivity contribution in [2.24, 2.45) is 0 Å². The topological polar surface area (TPSA) is 99.3 Å². The van der Waals surface area contributed by atoms with Gasteiger partial charge in [-0.25, -0.2) is 4.68 Å². The molecule has 1 fully saturated rings. The number of amides is 1. The van der Waals surface area contributed by atoms with Crippen molar-refractivity contribution in [1.29, 1.82) is 0 Å². The summed E-state index contributed by atoms with van der Waals surface area (Å²) in [5.41, 5.74) is -1.09. The highest BCUT2D eigenvalue weighted by molar-refractivity contribution is 5.96. The van der Waals surface area contributed by atoms with Gasteiger partial charge >= 0.3 is 11.9 Å². The molecule has 1 aliphatic heterocycles. The second-order valence-corrected chi connectivity index (χ2v) is 5.04. The van der Waals surface area contributed by atoms with E-state index in [1.54, 1.807) is 0 Å². The van der Waals surface area contributed by atoms with Crippen molar-refractivity contribution in [2.75, 3.05) is 13.2 Å². The molecule has 1 saturated heterocycles. The van der Waals surface area contributed by atoms with Gasteiger partial charge in [0.1, 0.15) is 12.4 Å². The number of hydrogen-bond donors (Lipinski definition) is 1. The van der Waals surface area contributed by atoms with Gasteiger partial charge < -0.3 is 10.1 Å². The van der Waals surface area contributed by atoms with Crippen LogP contribution in [-0.2, 0) is 4.74 Å². The number of nitro groups is 1. The zero-order chi connectivity index (χ0) is 17.0. The minimum atomic E-state index is -4.42. The zero-order valence-corrected chi connectivity index (χ0v) is 12.0. The van der Waals surface area contributed by atoms with E-state index in [2.05, 4.69) is 5.10 Å². The van der Waals surface area contributed by atoms with Gasteiger partial charge in [-0.3, -0.25) is 14.9 Å². The van der Waals surface area contributed by atoms with Crippen LogP contribution in [0.25, 0.3) is 0 Å². The molecule has 1 atom stereocenters. The summed E-state index contributed by atoms with van der Waals surface area (Å²) in [7, 11) is 0. The van der Waals surface area contributed by atoms with E-state index in [-0.39, 0.29) is 0 Å². The van der Waals surface area contributed by atoms with Crippen LogP contribution < -0.4 is 5.32 Å². The van der Waals surface area contributed by atoms with Gasteiger partial charge in [-0.15, -0.1) is 0 Å². The first-order chi connectivity index (χ1) is 10.8. The van der Waals surface area contributed by atoms with Crippen molar-refractivity contribution in [1.82, 2.24) is 15.1 Å². The van der Waals surface area contributed by atoms with Gasteiger partial charge in [0.05, 0.1) is 11.3 Å². The van der Waals surface area contributed by atoms with Crippen LogP contribution >= 0.6 is 0 Å². The highest BCUT2D eigenvalue weighted by Crippen LogP contribution is 2.26. The lowest BCUT2D eigenvalue weighted by molar-refractivity contribution is -0.385. The number of carbonyl (C=O) groups is 1. The lowest BCUT2D eigenvalue weighted by Crippen LogP contribution is -2.29. The van der Waals surface area contributed by atoms with Crippen LogP contribution in [0.2, 0.25) is 0 Å². The Morgan fingerprint density at radius 3 is 2.83 bits per heavy atom. The zero-order valence-electron chi connectivity index (χ0n) is 12.0. The number of nitrogens with zero attached hydrogens (tertiary/aromatic N) is 3. The number of aromatic nitrogens is 2. The smallest absolute Gasteiger partial charge is 0.357 e. The summed E-state index contributed by atoms with van der Waals surface area (Å²) < 4.78 is 42.8. The van der Waals surface area contributed by atoms with E-state index in [0.29, 0.717) is 13.0 Å². The molecule has 0 aromatic carbocycles. The maximum absolute atomic E-state index is 12.1. The predicted octanol–water partition coefficient (Wildman–Crippen LogP) is 2.17. The van der Waals surface area contributed by atoms with Crippen molar-refractivity contribution in [3.8, 4) is 0 Å². The van der Waals surface area contributed by atoms with Gasteiger partial charge in [-0.1, -0.05) is 0 Å². The monoisotopic (exact) mass is 336 g/mol. The summed E-state index contributed by atoms with van der Waals surface area (Å²) >= 11 is 0. The van der Waals surface area contributed by atoms with Crippen LogP contribution in [0.15, 0.2) is 6.20 Å². The molecule has 0 bridgehead atoms. The van der Waals surface area contributed by atoms with Gasteiger partial charge in [0, 0.05) is 13.2 Å². The second-order valence-electron chi connectivity index (χ2n) is 5.04. The van der Waals surface area contributed by atoms with Crippen LogP contribution in [0.5, 0.6) is 0 Å². The number of carbonyl (C=O) groups excluding carboxylic acids is 1. The molecule has 0 spiro atoms. The first-order valence-electron chi connectivity index (χ1n) is 6.98. The molecule has 2 heterocycles. The number of nitrogens with one attached hydrogen (secondary N) is 1. The van der Waals surface area contributed by atoms with E-state index < -0.39 is 47.6 Å². The Morgan fingerprint density at radius 1 is 1.52 bits per heavy atom. The number of halogens is 3. The predicted molar refractivity (Wildman–Crippen MR) is 70.7 cm³/mol. The third-order valence-corrected chi connectivity index (χ3v) is 3.27. The maximum Gasteiger partial charge on any atom is 0.390 e. The first kappa shape index (κ1) is 17.2. The Kier molecular flexibility index (Phi) is 5.19. The quantitative estimate of drug-likeness (QED) is 0.656. The van der Waals surface area contributed by atoms with Crippen molar-refractivity contribution >= 4 is 11.6 Å². The van der Waals surface area contributed by atoms with Crippen LogP contribution in [0.3, 0.4) is 0 Å². The molecule has 8 nitrogen and oxygen atoms in total. The van der Waals surface area contributed by atoms with E-state index in [1.807, 2.05) is 5.32 Å². The molecule has 1 unspecified atom stereocenters. The summed E-state index contributed by atoms with van der Waals surface area (Å²) in [5, 5.41) is 16.8. The van der Waals surface area contributed by atoms with Gasteiger partial charge in [0.25, 0.3) is 5.91 Å². The van der Waals surface area contributed by atoms with Crippen molar-refractivity contribution in [3.63, 3.8) is 0 Å². The normalized spacial score (nSPS) is 18.7. The SMILES string of the molecule is O=C(NCCC(F)(F)F)c1nn(C2CCCCO2)cc1[N+](=O)[O-]. The van der Waals surface area contributed by atoms with Crippen LogP contribution in [0.1, 0.15) is 42.4 Å². The fourth-order valence-corrected chi connectivity index (χ4v) is 2.16. The molecule has 1 aliphatic rings. The Bertz CT molecular complexity index is 581. The van der Waals surface area contributed by atoms with Crippen molar-refractivity contribution < 1.29 is 27.6 Å². The molecule has 23 heavy (non-hydrogen) atoms. The Labute approximate surface area is 128 Å². The third-order valence-electron chi connectivity index (χ3n) is 3.27. The molecule has 1 N–H and O–H groups in total. The Balaban J connectivity index is 2.11. The van der Waals surface area contributed by atoms with Gasteiger partial charge in [-0.2, -0.15) is 18.3 Å². The Morgan fingerprint density at radius 2 is 2.26 bits per heavy atom. The molecule has 0 radical (unpaired) electrons. The molecule has 128 valence electrons. The number of hydrogen-bond acceptors (Lipinski definition) is 5. The lowest BCUT2D eigenvalue weighted by Gasteiger charge is -2.22. The van der Waals surface area contributed by atoms with E-state index >= 15 is 0 Å². The first-order valence-corrected chi connectivity index (χ1v) is 6.98. The molecule has 0 saturated carbocycles. The molecular weight excluding hydrogens is 321 g/mol. The third kappa shape index (κ3) is 4.65. The standard InChI is InChI=1S/C12H15F3N4O4/c13-12(14,15)4-5-16-11(20)10-8(19(21)22)7-18(17-10)9-3-1-2-6-23-9/h7,9H,1-6H2,(H,16,20). The fourth-order valence-electron chi connectivity index (χ4n) is 2.16. The maximum atomic E-state index is 12.1. The largest absolute Gasteiger partial charge is 0.390 e. The summed E-state index contributed by atoms with van der Waals surface area (Å²) in [5.74, 6) is -1.02. The summed E-state index contributed by atoms with van der Waals surface area (Å²) in [6.45, 7) is -0.197. The summed E-state index contributed by atoms with van der Waals surface area (Å²) in [6.07, 6.45) is -2.79. The van der Waals surface area contributed by atoms with Gasteiger partial charge in [0.2, 0.25) is 5.69 Å². The van der Waals surface area contributed by atoms with Gasteiger partial charge in [0.15, 0.2) is 0 Å². The van der Waals surface area contributed by atoms with Crippen LogP contribution in [-0.4, -0.2) is 39.9 Å². The van der Waals surface area contributed by atoms with E-state index in [1.165, 1.54) is 4.68 Å². The van der Waals surface area contributed by atoms with E-state index in [4.69, 9.17) is 4.74 Å². The van der Waals surface area contributed by atoms with Crippen molar-refractivity contribution in [3.05, 3.63) is 22.0 Å². The number of alkyl halides is 3. The molecule has 11 heteroatoms. The molecule has 1 amide bonds. The lowest BCUT2D eigenvalue weighted by atomic mass is 10.2. The number of ether oxygens (including phenoxy) is 1. The Hall–Kier alpha value is -2.17. The van der Waals surface area contributed by atoms with E-state index in [0.717, 1.165) is 19.0 Å². The molecule has 1 aromatic heterocycles. The number of rotatable bonds is 5. The van der Waals surface area contributed by atoms with Gasteiger partial charge in [-0.05, 0) is 19.3 Å². The molecule has 0 aliphatic carbocycles. The fraction of sp³-hybridized carbons (Fsp3) is 0.667. The molecular formula is C12H15F3N4O4. The summed E-state index contributed by atoms with van der Waals surface area (Å²) in [4.78, 5) is 22.1. The van der Waals surface area contributed by atoms with Crippen LogP contribution in [0.4, 0.5) is 18.9 Å². The minimum absolute atomic E-state index is 0.478. The van der Waals surface area contributed by atoms with Crippen molar-refractivity contribution in [2.45, 2.75) is 38.1 Å². The molecule has 2 rings (SSSR count). The average Bonchev–Trinajstić information content (AvgIpc) is 2.92. The second kappa shape index (κ2) is 6.94. The minimum Gasteiger partial charge on any atom is -0.357 e. The molecule has 1 aromatic rings. The van der Waals surface area contributed by atoms with Crippen LogP contribution in [0, 0.1) is 10.1 Å². The summed E-state index contributed by atoms with van der Waals surface area (Å²) in [6, 6.07) is 0.